The van der Waals surface area contributed by atoms with Crippen LogP contribution >= 0.6 is 0 Å². The Morgan fingerprint density at radius 2 is 1.69 bits per heavy atom. The second-order valence-corrected chi connectivity index (χ2v) is 5.70. The van der Waals surface area contributed by atoms with Gasteiger partial charge in [-0.2, -0.15) is 0 Å². The molecule has 0 aromatic heterocycles. The molecule has 94 valence electrons. The van der Waals surface area contributed by atoms with Gasteiger partial charge in [0, 0.05) is 12.1 Å². The molecule has 0 aromatic carbocycles. The maximum absolute atomic E-state index is 10.9. The highest BCUT2D eigenvalue weighted by molar-refractivity contribution is 5.70. The third-order valence-electron chi connectivity index (χ3n) is 3.82. The van der Waals surface area contributed by atoms with Crippen molar-refractivity contribution in [1.82, 2.24) is 5.32 Å². The van der Waals surface area contributed by atoms with Crippen molar-refractivity contribution in [3.63, 3.8) is 0 Å². The molecule has 0 aliphatic heterocycles. The quantitative estimate of drug-likeness (QED) is 0.776. The van der Waals surface area contributed by atoms with Gasteiger partial charge in [0.1, 0.15) is 0 Å². The average Bonchev–Trinajstić information content (AvgIpc) is 2.14. The first-order chi connectivity index (χ1) is 7.40. The van der Waals surface area contributed by atoms with Crippen LogP contribution in [0.25, 0.3) is 0 Å². The molecule has 3 nitrogen and oxygen atoms in total. The molecule has 0 saturated heterocycles. The highest BCUT2D eigenvalue weighted by Crippen LogP contribution is 2.29. The van der Waals surface area contributed by atoms with Gasteiger partial charge in [0.25, 0.3) is 0 Å². The smallest absolute Gasteiger partial charge is 0.307 e. The van der Waals surface area contributed by atoms with Gasteiger partial charge in [0.2, 0.25) is 0 Å². The third-order valence-corrected chi connectivity index (χ3v) is 3.82. The molecule has 1 fully saturated rings. The lowest BCUT2D eigenvalue weighted by Crippen LogP contribution is -2.45. The Labute approximate surface area is 98.6 Å². The fraction of sp³-hybridized carbons (Fsp3) is 0.923. The number of carboxylic acids is 1. The first-order valence-corrected chi connectivity index (χ1v) is 6.39. The Hall–Kier alpha value is -0.570. The number of aliphatic carboxylic acids is 1. The molecular weight excluding hydrogens is 202 g/mol. The molecular formula is C13H25NO2. The van der Waals surface area contributed by atoms with Crippen molar-refractivity contribution in [3.8, 4) is 0 Å². The summed E-state index contributed by atoms with van der Waals surface area (Å²) in [6.07, 6.45) is 3.67. The molecule has 16 heavy (non-hydrogen) atoms. The number of rotatable bonds is 4. The topological polar surface area (TPSA) is 49.3 Å². The molecule has 0 aromatic rings. The van der Waals surface area contributed by atoms with Gasteiger partial charge in [-0.1, -0.05) is 20.8 Å². The summed E-state index contributed by atoms with van der Waals surface area (Å²) >= 11 is 0. The molecule has 2 N–H and O–H groups in total. The van der Waals surface area contributed by atoms with Crippen LogP contribution < -0.4 is 5.32 Å². The van der Waals surface area contributed by atoms with Gasteiger partial charge in [-0.3, -0.25) is 4.79 Å². The lowest BCUT2D eigenvalue weighted by Gasteiger charge is -2.34. The average molecular weight is 227 g/mol. The van der Waals surface area contributed by atoms with E-state index in [-0.39, 0.29) is 12.0 Å². The Bertz CT molecular complexity index is 232. The van der Waals surface area contributed by atoms with Gasteiger partial charge in [-0.15, -0.1) is 0 Å². The SMILES string of the molecule is CC1CC(C)CC(NC(C)C(C)C(=O)O)C1. The van der Waals surface area contributed by atoms with Crippen LogP contribution in [0.15, 0.2) is 0 Å². The predicted octanol–water partition coefficient (Wildman–Crippen LogP) is 2.51. The largest absolute Gasteiger partial charge is 0.481 e. The molecule has 0 bridgehead atoms. The van der Waals surface area contributed by atoms with Crippen LogP contribution in [0.3, 0.4) is 0 Å². The number of carbonyl (C=O) groups is 1. The minimum Gasteiger partial charge on any atom is -0.481 e. The second-order valence-electron chi connectivity index (χ2n) is 5.70. The number of hydrogen-bond donors (Lipinski definition) is 2. The van der Waals surface area contributed by atoms with E-state index >= 15 is 0 Å². The summed E-state index contributed by atoms with van der Waals surface area (Å²) in [5.74, 6) is 0.492. The van der Waals surface area contributed by atoms with Gasteiger partial charge in [0.05, 0.1) is 5.92 Å². The molecule has 4 unspecified atom stereocenters. The van der Waals surface area contributed by atoms with Crippen LogP contribution in [0.1, 0.15) is 47.0 Å². The fourth-order valence-corrected chi connectivity index (χ4v) is 2.81. The van der Waals surface area contributed by atoms with E-state index in [9.17, 15) is 4.79 Å². The predicted molar refractivity (Wildman–Crippen MR) is 65.4 cm³/mol. The zero-order chi connectivity index (χ0) is 12.3. The van der Waals surface area contributed by atoms with Gasteiger partial charge < -0.3 is 10.4 Å². The van der Waals surface area contributed by atoms with E-state index in [1.165, 1.54) is 19.3 Å². The zero-order valence-corrected chi connectivity index (χ0v) is 10.9. The first kappa shape index (κ1) is 13.5. The molecule has 1 aliphatic rings. The maximum atomic E-state index is 10.9. The number of nitrogens with one attached hydrogen (secondary N) is 1. The van der Waals surface area contributed by atoms with Crippen LogP contribution in [0.2, 0.25) is 0 Å². The van der Waals surface area contributed by atoms with E-state index in [0.717, 1.165) is 11.8 Å². The lowest BCUT2D eigenvalue weighted by atomic mass is 9.80. The van der Waals surface area contributed by atoms with Crippen molar-refractivity contribution >= 4 is 5.97 Å². The fourth-order valence-electron chi connectivity index (χ4n) is 2.81. The van der Waals surface area contributed by atoms with E-state index < -0.39 is 5.97 Å². The highest BCUT2D eigenvalue weighted by Gasteiger charge is 2.27. The van der Waals surface area contributed by atoms with Crippen molar-refractivity contribution in [2.45, 2.75) is 59.0 Å². The van der Waals surface area contributed by atoms with E-state index in [1.54, 1.807) is 6.92 Å². The van der Waals surface area contributed by atoms with Crippen LogP contribution in [0.5, 0.6) is 0 Å². The minimum atomic E-state index is -0.711. The molecule has 1 rings (SSSR count). The van der Waals surface area contributed by atoms with Gasteiger partial charge >= 0.3 is 5.97 Å². The summed E-state index contributed by atoms with van der Waals surface area (Å²) in [5.41, 5.74) is 0. The molecule has 0 heterocycles. The van der Waals surface area contributed by atoms with Crippen LogP contribution in [0.4, 0.5) is 0 Å². The minimum absolute atomic E-state index is 0.0556. The summed E-state index contributed by atoms with van der Waals surface area (Å²) in [4.78, 5) is 10.9. The zero-order valence-electron chi connectivity index (χ0n) is 10.9. The molecule has 4 atom stereocenters. The molecule has 0 spiro atoms. The van der Waals surface area contributed by atoms with Crippen molar-refractivity contribution in [2.75, 3.05) is 0 Å². The molecule has 0 amide bonds. The Balaban J connectivity index is 2.44. The molecule has 0 radical (unpaired) electrons. The third kappa shape index (κ3) is 3.78. The summed E-state index contributed by atoms with van der Waals surface area (Å²) in [7, 11) is 0. The van der Waals surface area contributed by atoms with Crippen molar-refractivity contribution < 1.29 is 9.90 Å². The standard InChI is InChI=1S/C13H25NO2/c1-8-5-9(2)7-12(6-8)14-11(4)10(3)13(15)16/h8-12,14H,5-7H2,1-4H3,(H,15,16). The molecule has 1 aliphatic carbocycles. The van der Waals surface area contributed by atoms with E-state index in [4.69, 9.17) is 5.11 Å². The Morgan fingerprint density at radius 3 is 2.12 bits per heavy atom. The van der Waals surface area contributed by atoms with E-state index in [1.807, 2.05) is 6.92 Å². The monoisotopic (exact) mass is 227 g/mol. The van der Waals surface area contributed by atoms with Gasteiger partial charge in [0.15, 0.2) is 0 Å². The van der Waals surface area contributed by atoms with Crippen molar-refractivity contribution in [1.29, 1.82) is 0 Å². The second kappa shape index (κ2) is 5.67. The number of carboxylic acid groups (broad SMARTS) is 1. The van der Waals surface area contributed by atoms with Gasteiger partial charge in [-0.25, -0.2) is 0 Å². The van der Waals surface area contributed by atoms with Gasteiger partial charge in [-0.05, 0) is 38.0 Å². The maximum Gasteiger partial charge on any atom is 0.307 e. The van der Waals surface area contributed by atoms with Crippen molar-refractivity contribution in [3.05, 3.63) is 0 Å². The molecule has 3 heteroatoms. The normalized spacial score (nSPS) is 34.4. The lowest BCUT2D eigenvalue weighted by molar-refractivity contribution is -0.142. The van der Waals surface area contributed by atoms with Crippen LogP contribution in [-0.4, -0.2) is 23.2 Å². The Kier molecular flexibility index (Phi) is 4.78. The highest BCUT2D eigenvalue weighted by atomic mass is 16.4. The van der Waals surface area contributed by atoms with E-state index in [0.29, 0.717) is 6.04 Å². The first-order valence-electron chi connectivity index (χ1n) is 6.39. The summed E-state index contributed by atoms with van der Waals surface area (Å²) < 4.78 is 0. The Morgan fingerprint density at radius 1 is 1.19 bits per heavy atom. The van der Waals surface area contributed by atoms with Crippen LogP contribution in [0, 0.1) is 17.8 Å². The summed E-state index contributed by atoms with van der Waals surface area (Å²) in [6, 6.07) is 0.551. The van der Waals surface area contributed by atoms with Crippen LogP contribution in [-0.2, 0) is 4.79 Å². The summed E-state index contributed by atoms with van der Waals surface area (Å²) in [6.45, 7) is 8.32. The van der Waals surface area contributed by atoms with E-state index in [2.05, 4.69) is 19.2 Å². The number of hydrogen-bond acceptors (Lipinski definition) is 2. The summed E-state index contributed by atoms with van der Waals surface area (Å²) in [5, 5.41) is 12.4. The van der Waals surface area contributed by atoms with Crippen molar-refractivity contribution in [2.24, 2.45) is 17.8 Å². The molecule has 1 saturated carbocycles.